The van der Waals surface area contributed by atoms with Crippen LogP contribution in [0.3, 0.4) is 0 Å². The summed E-state index contributed by atoms with van der Waals surface area (Å²) in [5.74, 6) is 0.660. The molecule has 4 rings (SSSR count). The van der Waals surface area contributed by atoms with Gasteiger partial charge in [-0.2, -0.15) is 5.26 Å². The Bertz CT molecular complexity index is 1140. The predicted octanol–water partition coefficient (Wildman–Crippen LogP) is 5.01. The fraction of sp³-hybridized carbons (Fsp3) is 0.105. The molecule has 0 fully saturated rings. The van der Waals surface area contributed by atoms with Crippen molar-refractivity contribution in [2.75, 3.05) is 0 Å². The van der Waals surface area contributed by atoms with Crippen molar-refractivity contribution < 1.29 is 0 Å². The summed E-state index contributed by atoms with van der Waals surface area (Å²) >= 11 is 7.72. The zero-order valence-electron chi connectivity index (χ0n) is 13.4. The average molecular weight is 365 g/mol. The highest BCUT2D eigenvalue weighted by atomic mass is 35.5. The number of halogens is 1. The normalized spacial score (nSPS) is 11.1. The minimum absolute atomic E-state index is 0.660. The van der Waals surface area contributed by atoms with Crippen LogP contribution in [0.2, 0.25) is 5.02 Å². The Morgan fingerprint density at radius 3 is 2.84 bits per heavy atom. The molecule has 0 spiro atoms. The SMILES string of the molecule is Cc1cc2nnc(SCc3ccccc3C#N)n2c2ccc(Cl)cc12. The second kappa shape index (κ2) is 6.40. The van der Waals surface area contributed by atoms with Crippen LogP contribution in [0.1, 0.15) is 16.7 Å². The molecule has 0 unspecified atom stereocenters. The Hall–Kier alpha value is -2.55. The van der Waals surface area contributed by atoms with E-state index in [9.17, 15) is 5.26 Å². The van der Waals surface area contributed by atoms with Gasteiger partial charge in [0.15, 0.2) is 10.8 Å². The number of hydrogen-bond donors (Lipinski definition) is 0. The number of pyridine rings is 1. The maximum absolute atomic E-state index is 9.24. The molecule has 2 heterocycles. The van der Waals surface area contributed by atoms with E-state index >= 15 is 0 Å². The van der Waals surface area contributed by atoms with Crippen molar-refractivity contribution >= 4 is 39.9 Å². The minimum atomic E-state index is 0.660. The van der Waals surface area contributed by atoms with Gasteiger partial charge in [0.25, 0.3) is 0 Å². The van der Waals surface area contributed by atoms with Crippen LogP contribution in [0.25, 0.3) is 16.6 Å². The lowest BCUT2D eigenvalue weighted by Crippen LogP contribution is -1.94. The Balaban J connectivity index is 1.79. The van der Waals surface area contributed by atoms with E-state index in [1.807, 2.05) is 59.9 Å². The van der Waals surface area contributed by atoms with Gasteiger partial charge < -0.3 is 0 Å². The molecule has 4 nitrogen and oxygen atoms in total. The van der Waals surface area contributed by atoms with Gasteiger partial charge >= 0.3 is 0 Å². The van der Waals surface area contributed by atoms with Crippen LogP contribution in [-0.2, 0) is 5.75 Å². The van der Waals surface area contributed by atoms with E-state index in [0.29, 0.717) is 16.3 Å². The molecule has 0 N–H and O–H groups in total. The smallest absolute Gasteiger partial charge is 0.196 e. The summed E-state index contributed by atoms with van der Waals surface area (Å²) in [7, 11) is 0. The molecule has 0 aliphatic carbocycles. The molecule has 0 saturated heterocycles. The highest BCUT2D eigenvalue weighted by molar-refractivity contribution is 7.98. The summed E-state index contributed by atoms with van der Waals surface area (Å²) in [5, 5.41) is 20.5. The van der Waals surface area contributed by atoms with Crippen LogP contribution in [0.4, 0.5) is 0 Å². The lowest BCUT2D eigenvalue weighted by molar-refractivity contribution is 0.939. The van der Waals surface area contributed by atoms with Crippen molar-refractivity contribution in [3.63, 3.8) is 0 Å². The van der Waals surface area contributed by atoms with Gasteiger partial charge in [-0.25, -0.2) is 0 Å². The van der Waals surface area contributed by atoms with Gasteiger partial charge in [0.1, 0.15) is 0 Å². The summed E-state index contributed by atoms with van der Waals surface area (Å²) in [6, 6.07) is 17.7. The fourth-order valence-electron chi connectivity index (χ4n) is 2.88. The number of fused-ring (bicyclic) bond motifs is 3. The molecule has 0 aliphatic rings. The fourth-order valence-corrected chi connectivity index (χ4v) is 4.01. The van der Waals surface area contributed by atoms with Gasteiger partial charge in [-0.1, -0.05) is 41.6 Å². The molecule has 0 radical (unpaired) electrons. The number of benzene rings is 2. The number of aryl methyl sites for hydroxylation is 1. The van der Waals surface area contributed by atoms with Crippen LogP contribution in [-0.4, -0.2) is 14.6 Å². The first-order valence-electron chi connectivity index (χ1n) is 7.72. The first kappa shape index (κ1) is 15.9. The van der Waals surface area contributed by atoms with Crippen LogP contribution in [0.5, 0.6) is 0 Å². The van der Waals surface area contributed by atoms with Gasteiger partial charge in [-0.3, -0.25) is 4.40 Å². The van der Waals surface area contributed by atoms with E-state index in [1.165, 1.54) is 0 Å². The highest BCUT2D eigenvalue weighted by Crippen LogP contribution is 2.29. The van der Waals surface area contributed by atoms with Crippen LogP contribution >= 0.6 is 23.4 Å². The van der Waals surface area contributed by atoms with E-state index in [2.05, 4.69) is 16.3 Å². The van der Waals surface area contributed by atoms with Crippen molar-refractivity contribution in [2.24, 2.45) is 0 Å². The molecule has 0 saturated carbocycles. The lowest BCUT2D eigenvalue weighted by Gasteiger charge is -2.08. The molecule has 0 atom stereocenters. The molecule has 0 bridgehead atoms. The second-order valence-electron chi connectivity index (χ2n) is 5.72. The topological polar surface area (TPSA) is 54.0 Å². The molecule has 2 aromatic carbocycles. The zero-order chi connectivity index (χ0) is 17.4. The Morgan fingerprint density at radius 2 is 2.00 bits per heavy atom. The third-order valence-corrected chi connectivity index (χ3v) is 5.34. The van der Waals surface area contributed by atoms with Crippen molar-refractivity contribution in [1.29, 1.82) is 5.26 Å². The number of rotatable bonds is 3. The summed E-state index contributed by atoms with van der Waals surface area (Å²) < 4.78 is 2.04. The first-order valence-corrected chi connectivity index (χ1v) is 9.08. The largest absolute Gasteiger partial charge is 0.270 e. The van der Waals surface area contributed by atoms with E-state index in [4.69, 9.17) is 11.6 Å². The zero-order valence-corrected chi connectivity index (χ0v) is 15.0. The first-order chi connectivity index (χ1) is 12.2. The quantitative estimate of drug-likeness (QED) is 0.479. The molecule has 6 heteroatoms. The molecule has 0 amide bonds. The standard InChI is InChI=1S/C19H13ClN4S/c1-12-8-18-22-23-19(24(18)17-7-6-15(20)9-16(12)17)25-11-14-5-3-2-4-13(14)10-21/h2-9H,11H2,1H3. The van der Waals surface area contributed by atoms with Crippen molar-refractivity contribution in [3.8, 4) is 6.07 Å². The number of thioether (sulfide) groups is 1. The van der Waals surface area contributed by atoms with Crippen LogP contribution in [0.15, 0.2) is 53.7 Å². The molecule has 122 valence electrons. The molecular weight excluding hydrogens is 352 g/mol. The van der Waals surface area contributed by atoms with E-state index in [0.717, 1.165) is 32.8 Å². The molecule has 25 heavy (non-hydrogen) atoms. The summed E-state index contributed by atoms with van der Waals surface area (Å²) in [5.41, 5.74) is 4.63. The molecule has 4 aromatic rings. The second-order valence-corrected chi connectivity index (χ2v) is 7.10. The predicted molar refractivity (Wildman–Crippen MR) is 101 cm³/mol. The minimum Gasteiger partial charge on any atom is -0.270 e. The van der Waals surface area contributed by atoms with Crippen molar-refractivity contribution in [1.82, 2.24) is 14.6 Å². The highest BCUT2D eigenvalue weighted by Gasteiger charge is 2.13. The van der Waals surface area contributed by atoms with E-state index in [-0.39, 0.29) is 0 Å². The Morgan fingerprint density at radius 1 is 1.16 bits per heavy atom. The lowest BCUT2D eigenvalue weighted by atomic mass is 10.1. The molecule has 0 aliphatic heterocycles. The number of nitrogens with zero attached hydrogens (tertiary/aromatic N) is 4. The third kappa shape index (κ3) is 2.84. The average Bonchev–Trinajstić information content (AvgIpc) is 3.03. The third-order valence-electron chi connectivity index (χ3n) is 4.12. The summed E-state index contributed by atoms with van der Waals surface area (Å²) in [4.78, 5) is 0. The number of nitriles is 1. The van der Waals surface area contributed by atoms with Crippen LogP contribution in [0, 0.1) is 18.3 Å². The maximum Gasteiger partial charge on any atom is 0.196 e. The summed E-state index contributed by atoms with van der Waals surface area (Å²) in [6.45, 7) is 2.04. The van der Waals surface area contributed by atoms with Crippen molar-refractivity contribution in [2.45, 2.75) is 17.8 Å². The van der Waals surface area contributed by atoms with E-state index in [1.54, 1.807) is 11.8 Å². The van der Waals surface area contributed by atoms with Gasteiger partial charge in [0.2, 0.25) is 0 Å². The van der Waals surface area contributed by atoms with Crippen LogP contribution < -0.4 is 0 Å². The van der Waals surface area contributed by atoms with Gasteiger partial charge in [-0.05, 0) is 48.4 Å². The number of aromatic nitrogens is 3. The van der Waals surface area contributed by atoms with Gasteiger partial charge in [0, 0.05) is 16.2 Å². The Labute approximate surface area is 154 Å². The van der Waals surface area contributed by atoms with Gasteiger partial charge in [-0.15, -0.1) is 10.2 Å². The van der Waals surface area contributed by atoms with Gasteiger partial charge in [0.05, 0.1) is 17.1 Å². The summed E-state index contributed by atoms with van der Waals surface area (Å²) in [6.07, 6.45) is 0. The Kier molecular flexibility index (Phi) is 4.08. The van der Waals surface area contributed by atoms with E-state index < -0.39 is 0 Å². The maximum atomic E-state index is 9.24. The monoisotopic (exact) mass is 364 g/mol. The van der Waals surface area contributed by atoms with Crippen molar-refractivity contribution in [3.05, 3.63) is 70.2 Å². The molecular formula is C19H13ClN4S. The number of hydrogen-bond acceptors (Lipinski definition) is 4. The molecule has 2 aromatic heterocycles.